The van der Waals surface area contributed by atoms with E-state index >= 15 is 0 Å². The first-order chi connectivity index (χ1) is 12.7. The summed E-state index contributed by atoms with van der Waals surface area (Å²) >= 11 is 1.56. The highest BCUT2D eigenvalue weighted by molar-refractivity contribution is 7.98. The molecule has 0 bridgehead atoms. The second-order valence-corrected chi connectivity index (χ2v) is 8.06. The molecule has 5 nitrogen and oxygen atoms in total. The van der Waals surface area contributed by atoms with Crippen molar-refractivity contribution >= 4 is 17.7 Å². The molecule has 0 unspecified atom stereocenters. The van der Waals surface area contributed by atoms with Crippen molar-refractivity contribution in [1.82, 2.24) is 20.2 Å². The second-order valence-electron chi connectivity index (χ2n) is 7.29. The molecule has 1 spiro atoms. The number of nitrogens with one attached hydrogen (secondary N) is 1. The minimum atomic E-state index is -0.0344. The number of hydrogen-bond acceptors (Lipinski definition) is 5. The Labute approximate surface area is 158 Å². The molecule has 4 rings (SSSR count). The third-order valence-electron chi connectivity index (χ3n) is 5.59. The Bertz CT molecular complexity index is 757. The van der Waals surface area contributed by atoms with E-state index in [-0.39, 0.29) is 17.4 Å². The van der Waals surface area contributed by atoms with E-state index in [1.165, 1.54) is 0 Å². The second kappa shape index (κ2) is 7.37. The third kappa shape index (κ3) is 3.62. The fourth-order valence-corrected chi connectivity index (χ4v) is 4.41. The number of carbonyl (C=O) groups is 1. The number of amides is 1. The summed E-state index contributed by atoms with van der Waals surface area (Å²) in [5.41, 5.74) is 2.25. The van der Waals surface area contributed by atoms with E-state index in [9.17, 15) is 4.79 Å². The fourth-order valence-electron chi connectivity index (χ4n) is 4.09. The number of nitrogens with zero attached hydrogens (tertiary/aromatic N) is 3. The lowest BCUT2D eigenvalue weighted by atomic mass is 9.82. The van der Waals surface area contributed by atoms with Gasteiger partial charge in [-0.2, -0.15) is 0 Å². The first-order valence-electron chi connectivity index (χ1n) is 9.12. The molecule has 1 atom stereocenters. The van der Waals surface area contributed by atoms with E-state index < -0.39 is 0 Å². The highest BCUT2D eigenvalue weighted by Crippen LogP contribution is 2.39. The Hall–Kier alpha value is -1.92. The molecule has 1 aromatic heterocycles. The van der Waals surface area contributed by atoms with Gasteiger partial charge in [0.05, 0.1) is 5.92 Å². The van der Waals surface area contributed by atoms with Gasteiger partial charge in [0.2, 0.25) is 5.91 Å². The van der Waals surface area contributed by atoms with Gasteiger partial charge in [-0.1, -0.05) is 42.1 Å². The summed E-state index contributed by atoms with van der Waals surface area (Å²) in [5, 5.41) is 4.14. The van der Waals surface area contributed by atoms with Gasteiger partial charge in [0.25, 0.3) is 0 Å². The van der Waals surface area contributed by atoms with Crippen LogP contribution < -0.4 is 5.32 Å². The van der Waals surface area contributed by atoms with Crippen LogP contribution in [-0.2, 0) is 11.3 Å². The van der Waals surface area contributed by atoms with Crippen molar-refractivity contribution in [2.75, 3.05) is 19.3 Å². The summed E-state index contributed by atoms with van der Waals surface area (Å²) < 4.78 is 0. The summed E-state index contributed by atoms with van der Waals surface area (Å²) in [4.78, 5) is 23.7. The molecule has 0 saturated carbocycles. The van der Waals surface area contributed by atoms with Crippen LogP contribution >= 0.6 is 11.8 Å². The molecule has 3 heterocycles. The van der Waals surface area contributed by atoms with Crippen molar-refractivity contribution in [1.29, 1.82) is 0 Å². The Kier molecular flexibility index (Phi) is 4.96. The molecule has 136 valence electrons. The van der Waals surface area contributed by atoms with Crippen molar-refractivity contribution in [3.8, 4) is 0 Å². The lowest BCUT2D eigenvalue weighted by Gasteiger charge is -2.39. The van der Waals surface area contributed by atoms with Crippen LogP contribution in [0.4, 0.5) is 0 Å². The monoisotopic (exact) mass is 368 g/mol. The maximum Gasteiger partial charge on any atom is 0.228 e. The fraction of sp³-hybridized carbons (Fsp3) is 0.450. The van der Waals surface area contributed by atoms with E-state index in [0.717, 1.165) is 55.2 Å². The molecule has 2 saturated heterocycles. The number of thioether (sulfide) groups is 1. The van der Waals surface area contributed by atoms with Crippen LogP contribution in [0.2, 0.25) is 0 Å². The molecule has 0 aliphatic carbocycles. The molecular formula is C20H24N4OS. The SMILES string of the molecule is CSc1ncc(CN2CCC3(CC2)C[C@H](c2ccccc2)C(=O)N3)cn1. The normalized spacial score (nSPS) is 22.5. The Morgan fingerprint density at radius 2 is 1.88 bits per heavy atom. The number of benzene rings is 1. The predicted molar refractivity (Wildman–Crippen MR) is 103 cm³/mol. The number of piperidine rings is 1. The maximum absolute atomic E-state index is 12.5. The number of rotatable bonds is 4. The van der Waals surface area contributed by atoms with Gasteiger partial charge < -0.3 is 5.32 Å². The van der Waals surface area contributed by atoms with Crippen LogP contribution in [0, 0.1) is 0 Å². The quantitative estimate of drug-likeness (QED) is 0.664. The number of carbonyl (C=O) groups excluding carboxylic acids is 1. The average molecular weight is 369 g/mol. The summed E-state index contributed by atoms with van der Waals surface area (Å²) in [7, 11) is 0. The Morgan fingerprint density at radius 3 is 2.54 bits per heavy atom. The van der Waals surface area contributed by atoms with Crippen molar-refractivity contribution in [2.24, 2.45) is 0 Å². The van der Waals surface area contributed by atoms with E-state index in [2.05, 4.69) is 32.3 Å². The van der Waals surface area contributed by atoms with Crippen molar-refractivity contribution in [3.63, 3.8) is 0 Å². The zero-order chi connectivity index (χ0) is 18.0. The molecular weight excluding hydrogens is 344 g/mol. The summed E-state index contributed by atoms with van der Waals surface area (Å²) in [5.74, 6) is 0.181. The van der Waals surface area contributed by atoms with Gasteiger partial charge in [0, 0.05) is 43.1 Å². The molecule has 1 aromatic carbocycles. The molecule has 2 fully saturated rings. The smallest absolute Gasteiger partial charge is 0.228 e. The summed E-state index contributed by atoms with van der Waals surface area (Å²) in [6, 6.07) is 10.2. The number of hydrogen-bond donors (Lipinski definition) is 1. The van der Waals surface area contributed by atoms with Crippen LogP contribution in [0.15, 0.2) is 47.9 Å². The van der Waals surface area contributed by atoms with Gasteiger partial charge in [-0.3, -0.25) is 9.69 Å². The first-order valence-corrected chi connectivity index (χ1v) is 10.3. The Morgan fingerprint density at radius 1 is 1.19 bits per heavy atom. The Balaban J connectivity index is 1.36. The molecule has 2 aliphatic heterocycles. The third-order valence-corrected chi connectivity index (χ3v) is 6.16. The molecule has 1 N–H and O–H groups in total. The molecule has 2 aliphatic rings. The predicted octanol–water partition coefficient (Wildman–Crippen LogP) is 2.84. The zero-order valence-corrected chi connectivity index (χ0v) is 15.8. The maximum atomic E-state index is 12.5. The zero-order valence-electron chi connectivity index (χ0n) is 15.0. The van der Waals surface area contributed by atoms with Crippen LogP contribution in [0.5, 0.6) is 0 Å². The van der Waals surface area contributed by atoms with Gasteiger partial charge in [-0.25, -0.2) is 9.97 Å². The van der Waals surface area contributed by atoms with Crippen LogP contribution in [0.1, 0.15) is 36.3 Å². The van der Waals surface area contributed by atoms with Crippen molar-refractivity contribution < 1.29 is 4.79 Å². The standard InChI is InChI=1S/C20H24N4OS/c1-26-19-21-12-15(13-22-19)14-24-9-7-20(8-10-24)11-17(18(25)23-20)16-5-3-2-4-6-16/h2-6,12-13,17H,7-11,14H2,1H3,(H,23,25)/t17-/m1/s1. The van der Waals surface area contributed by atoms with Crippen LogP contribution in [0.25, 0.3) is 0 Å². The van der Waals surface area contributed by atoms with E-state index in [4.69, 9.17) is 0 Å². The number of likely N-dealkylation sites (tertiary alicyclic amines) is 1. The van der Waals surface area contributed by atoms with Crippen molar-refractivity contribution in [3.05, 3.63) is 53.9 Å². The molecule has 26 heavy (non-hydrogen) atoms. The lowest BCUT2D eigenvalue weighted by Crippen LogP contribution is -2.50. The highest BCUT2D eigenvalue weighted by Gasteiger charge is 2.46. The van der Waals surface area contributed by atoms with Gasteiger partial charge >= 0.3 is 0 Å². The lowest BCUT2D eigenvalue weighted by molar-refractivity contribution is -0.121. The van der Waals surface area contributed by atoms with Gasteiger partial charge in [0.15, 0.2) is 5.16 Å². The van der Waals surface area contributed by atoms with Crippen LogP contribution in [-0.4, -0.2) is 45.7 Å². The van der Waals surface area contributed by atoms with Crippen molar-refractivity contribution in [2.45, 2.75) is 42.4 Å². The van der Waals surface area contributed by atoms with Crippen LogP contribution in [0.3, 0.4) is 0 Å². The summed E-state index contributed by atoms with van der Waals surface area (Å²) in [6.07, 6.45) is 8.75. The minimum Gasteiger partial charge on any atom is -0.350 e. The van der Waals surface area contributed by atoms with Gasteiger partial charge in [0.1, 0.15) is 0 Å². The van der Waals surface area contributed by atoms with E-state index in [1.807, 2.05) is 36.8 Å². The van der Waals surface area contributed by atoms with Gasteiger partial charge in [-0.15, -0.1) is 0 Å². The molecule has 6 heteroatoms. The molecule has 1 amide bonds. The number of aromatic nitrogens is 2. The first kappa shape index (κ1) is 17.5. The largest absolute Gasteiger partial charge is 0.350 e. The van der Waals surface area contributed by atoms with E-state index in [0.29, 0.717) is 0 Å². The molecule has 2 aromatic rings. The highest BCUT2D eigenvalue weighted by atomic mass is 32.2. The van der Waals surface area contributed by atoms with Gasteiger partial charge in [-0.05, 0) is 31.1 Å². The average Bonchev–Trinajstić information content (AvgIpc) is 3.01. The van der Waals surface area contributed by atoms with E-state index in [1.54, 1.807) is 11.8 Å². The summed E-state index contributed by atoms with van der Waals surface area (Å²) in [6.45, 7) is 2.86. The topological polar surface area (TPSA) is 58.1 Å². The minimum absolute atomic E-state index is 0.00441. The molecule has 0 radical (unpaired) electrons.